The molecule has 2 atom stereocenters. The number of hydrogen-bond donors (Lipinski definition) is 0. The van der Waals surface area contributed by atoms with E-state index in [4.69, 9.17) is 0 Å². The van der Waals surface area contributed by atoms with Crippen LogP contribution in [-0.4, -0.2) is 45.8 Å². The quantitative estimate of drug-likeness (QED) is 0.466. The van der Waals surface area contributed by atoms with E-state index in [1.807, 2.05) is 0 Å². The van der Waals surface area contributed by atoms with Crippen LogP contribution in [0.3, 0.4) is 0 Å². The van der Waals surface area contributed by atoms with Gasteiger partial charge < -0.3 is 0 Å². The van der Waals surface area contributed by atoms with Gasteiger partial charge in [0.15, 0.2) is 0 Å². The van der Waals surface area contributed by atoms with Crippen molar-refractivity contribution in [3.63, 3.8) is 0 Å². The largest absolute Gasteiger partial charge is 0.269 e. The molecule has 0 fully saturated rings. The smallest absolute Gasteiger partial charge is 0.264 e. The lowest BCUT2D eigenvalue weighted by molar-refractivity contribution is 0.0490. The summed E-state index contributed by atoms with van der Waals surface area (Å²) in [6.45, 7) is 1.56. The van der Waals surface area contributed by atoms with Gasteiger partial charge in [-0.3, -0.25) is 24.1 Å². The van der Waals surface area contributed by atoms with E-state index in [1.165, 1.54) is 18.2 Å². The third-order valence-electron chi connectivity index (χ3n) is 4.85. The van der Waals surface area contributed by atoms with Gasteiger partial charge in [0.2, 0.25) is 6.30 Å². The van der Waals surface area contributed by atoms with Crippen molar-refractivity contribution >= 4 is 23.6 Å². The van der Waals surface area contributed by atoms with Crippen LogP contribution in [0.2, 0.25) is 0 Å². The maximum atomic E-state index is 14.7. The Labute approximate surface area is 159 Å². The van der Waals surface area contributed by atoms with Crippen molar-refractivity contribution in [3.05, 3.63) is 82.9 Å². The average Bonchev–Trinajstić information content (AvgIpc) is 3.11. The average molecular weight is 378 g/mol. The molecule has 2 aromatic rings. The molecule has 2 aromatic carbocycles. The van der Waals surface area contributed by atoms with Crippen LogP contribution in [0, 0.1) is 0 Å². The number of carbonyl (C=O) groups is 4. The summed E-state index contributed by atoms with van der Waals surface area (Å²) >= 11 is 0. The molecule has 0 radical (unpaired) electrons. The molecule has 2 aliphatic heterocycles. The number of halogens is 1. The van der Waals surface area contributed by atoms with Crippen LogP contribution in [0.5, 0.6) is 0 Å². The standard InChI is InChI=1S/C21H15FN2O4/c1-12(23-18(25)13-6-2-3-7-14(13)19(23)26)10-11-17(22)24-20(27)15-8-4-5-9-16(15)21(24)28/h2-12,17H,1H3/b11-10+. The van der Waals surface area contributed by atoms with E-state index in [-0.39, 0.29) is 11.1 Å². The van der Waals surface area contributed by atoms with Crippen LogP contribution in [0.4, 0.5) is 4.39 Å². The van der Waals surface area contributed by atoms with E-state index in [0.29, 0.717) is 16.0 Å². The minimum atomic E-state index is -2.01. The molecule has 2 aliphatic rings. The number of hydrogen-bond acceptors (Lipinski definition) is 4. The normalized spacial score (nSPS) is 18.1. The predicted molar refractivity (Wildman–Crippen MR) is 97.4 cm³/mol. The molecule has 0 spiro atoms. The zero-order chi connectivity index (χ0) is 20.0. The SMILES string of the molecule is CC(/C=C/C(F)N1C(=O)c2ccccc2C1=O)N1C(=O)c2ccccc2C1=O. The van der Waals surface area contributed by atoms with Crippen molar-refractivity contribution in [1.82, 2.24) is 9.80 Å². The van der Waals surface area contributed by atoms with Gasteiger partial charge in [0, 0.05) is 0 Å². The van der Waals surface area contributed by atoms with E-state index < -0.39 is 36.0 Å². The van der Waals surface area contributed by atoms with E-state index in [2.05, 4.69) is 0 Å². The van der Waals surface area contributed by atoms with E-state index in [1.54, 1.807) is 43.3 Å². The van der Waals surface area contributed by atoms with Crippen molar-refractivity contribution in [3.8, 4) is 0 Å². The summed E-state index contributed by atoms with van der Waals surface area (Å²) in [5, 5.41) is 0. The minimum absolute atomic E-state index is 0.150. The minimum Gasteiger partial charge on any atom is -0.269 e. The first kappa shape index (κ1) is 17.8. The number of benzene rings is 2. The van der Waals surface area contributed by atoms with E-state index in [9.17, 15) is 23.6 Å². The molecular weight excluding hydrogens is 363 g/mol. The lowest BCUT2D eigenvalue weighted by atomic mass is 10.1. The molecule has 0 aliphatic carbocycles. The number of fused-ring (bicyclic) bond motifs is 2. The fourth-order valence-electron chi connectivity index (χ4n) is 3.43. The maximum Gasteiger partial charge on any atom is 0.264 e. The lowest BCUT2D eigenvalue weighted by Crippen LogP contribution is -2.38. The molecule has 140 valence electrons. The molecule has 0 aromatic heterocycles. The fourth-order valence-corrected chi connectivity index (χ4v) is 3.43. The second-order valence-electron chi connectivity index (χ2n) is 6.55. The number of rotatable bonds is 4. The molecule has 4 rings (SSSR count). The fraction of sp³-hybridized carbons (Fsp3) is 0.143. The monoisotopic (exact) mass is 378 g/mol. The van der Waals surface area contributed by atoms with Crippen LogP contribution in [0.15, 0.2) is 60.7 Å². The first-order valence-corrected chi connectivity index (χ1v) is 8.68. The van der Waals surface area contributed by atoms with Crippen LogP contribution in [-0.2, 0) is 0 Å². The second-order valence-corrected chi connectivity index (χ2v) is 6.55. The van der Waals surface area contributed by atoms with Crippen molar-refractivity contribution in [1.29, 1.82) is 0 Å². The van der Waals surface area contributed by atoms with Crippen LogP contribution in [0.1, 0.15) is 48.4 Å². The number of amides is 4. The molecule has 28 heavy (non-hydrogen) atoms. The highest BCUT2D eigenvalue weighted by Gasteiger charge is 2.40. The Morgan fingerprint density at radius 2 is 1.04 bits per heavy atom. The molecule has 2 heterocycles. The number of nitrogens with zero attached hydrogens (tertiary/aromatic N) is 2. The molecule has 6 nitrogen and oxygen atoms in total. The number of alkyl halides is 1. The summed E-state index contributed by atoms with van der Waals surface area (Å²) in [5.74, 6) is -2.36. The molecule has 0 saturated carbocycles. The summed E-state index contributed by atoms with van der Waals surface area (Å²) in [6.07, 6.45) is 0.302. The van der Waals surface area contributed by atoms with Gasteiger partial charge in [-0.1, -0.05) is 30.3 Å². The van der Waals surface area contributed by atoms with Gasteiger partial charge in [-0.15, -0.1) is 0 Å². The zero-order valence-electron chi connectivity index (χ0n) is 14.8. The second kappa shape index (κ2) is 6.53. The summed E-state index contributed by atoms with van der Waals surface area (Å²) in [7, 11) is 0. The summed E-state index contributed by atoms with van der Waals surface area (Å²) in [6, 6.07) is 11.8. The van der Waals surface area contributed by atoms with Gasteiger partial charge in [-0.25, -0.2) is 9.29 Å². The predicted octanol–water partition coefficient (Wildman–Crippen LogP) is 2.82. The number of imide groups is 2. The maximum absolute atomic E-state index is 14.7. The lowest BCUT2D eigenvalue weighted by Gasteiger charge is -2.21. The Hall–Kier alpha value is -3.61. The van der Waals surface area contributed by atoms with Gasteiger partial charge in [-0.05, 0) is 37.3 Å². The van der Waals surface area contributed by atoms with Crippen LogP contribution < -0.4 is 0 Å². The van der Waals surface area contributed by atoms with Gasteiger partial charge in [0.05, 0.1) is 28.3 Å². The highest BCUT2D eigenvalue weighted by Crippen LogP contribution is 2.27. The topological polar surface area (TPSA) is 74.8 Å². The van der Waals surface area contributed by atoms with Gasteiger partial charge in [0.25, 0.3) is 23.6 Å². The molecule has 4 amide bonds. The molecule has 7 heteroatoms. The highest BCUT2D eigenvalue weighted by atomic mass is 19.1. The summed E-state index contributed by atoms with van der Waals surface area (Å²) < 4.78 is 14.7. The van der Waals surface area contributed by atoms with Crippen molar-refractivity contribution in [2.24, 2.45) is 0 Å². The van der Waals surface area contributed by atoms with Crippen LogP contribution in [0.25, 0.3) is 0 Å². The molecule has 2 unspecified atom stereocenters. The molecule has 0 N–H and O–H groups in total. The Kier molecular flexibility index (Phi) is 4.15. The Morgan fingerprint density at radius 3 is 1.43 bits per heavy atom. The third kappa shape index (κ3) is 2.55. The Bertz CT molecular complexity index is 908. The first-order chi connectivity index (χ1) is 13.4. The van der Waals surface area contributed by atoms with Crippen molar-refractivity contribution < 1.29 is 23.6 Å². The summed E-state index contributed by atoms with van der Waals surface area (Å²) in [4.78, 5) is 51.1. The molecule has 0 saturated heterocycles. The van der Waals surface area contributed by atoms with Crippen molar-refractivity contribution in [2.45, 2.75) is 19.3 Å². The van der Waals surface area contributed by atoms with Crippen LogP contribution >= 0.6 is 0 Å². The van der Waals surface area contributed by atoms with Crippen molar-refractivity contribution in [2.75, 3.05) is 0 Å². The van der Waals surface area contributed by atoms with E-state index >= 15 is 0 Å². The Morgan fingerprint density at radius 1 is 0.679 bits per heavy atom. The van der Waals surface area contributed by atoms with Gasteiger partial charge >= 0.3 is 0 Å². The third-order valence-corrected chi connectivity index (χ3v) is 4.85. The number of carbonyl (C=O) groups excluding carboxylic acids is 4. The van der Waals surface area contributed by atoms with Gasteiger partial charge in [0.1, 0.15) is 0 Å². The van der Waals surface area contributed by atoms with E-state index in [0.717, 1.165) is 11.0 Å². The van der Waals surface area contributed by atoms with Gasteiger partial charge in [-0.2, -0.15) is 0 Å². The summed E-state index contributed by atoms with van der Waals surface area (Å²) in [5.41, 5.74) is 0.892. The highest BCUT2D eigenvalue weighted by molar-refractivity contribution is 6.22. The molecular formula is C21H15FN2O4. The Balaban J connectivity index is 1.52. The zero-order valence-corrected chi connectivity index (χ0v) is 14.8. The molecule has 0 bridgehead atoms. The first-order valence-electron chi connectivity index (χ1n) is 8.68.